The first-order valence-corrected chi connectivity index (χ1v) is 14.3. The van der Waals surface area contributed by atoms with E-state index in [1.165, 1.54) is 0 Å². The smallest absolute Gasteiger partial charge is 0.319 e. The van der Waals surface area contributed by atoms with Crippen LogP contribution >= 0.6 is 11.3 Å². The Morgan fingerprint density at radius 1 is 0.842 bits per heavy atom. The summed E-state index contributed by atoms with van der Waals surface area (Å²) in [6.45, 7) is 2.26. The lowest BCUT2D eigenvalue weighted by atomic mass is 10.1. The minimum absolute atomic E-state index is 0.159. The van der Waals surface area contributed by atoms with Gasteiger partial charge in [-0.05, 0) is 60.3 Å². The zero-order chi connectivity index (χ0) is 27.0. The van der Waals surface area contributed by atoms with Gasteiger partial charge in [-0.3, -0.25) is 9.52 Å². The molecule has 38 heavy (non-hydrogen) atoms. The van der Waals surface area contributed by atoms with Crippen molar-refractivity contribution in [2.75, 3.05) is 10.0 Å². The molecular weight excluding hydrogens is 520 g/mol. The Kier molecular flexibility index (Phi) is 8.77. The molecule has 0 bridgehead atoms. The maximum absolute atomic E-state index is 12.9. The topological polar surface area (TPSA) is 116 Å². The van der Waals surface area contributed by atoms with Gasteiger partial charge in [-0.2, -0.15) is 0 Å². The van der Waals surface area contributed by atoms with E-state index in [0.717, 1.165) is 16.0 Å². The largest absolute Gasteiger partial charge is 0.349 e. The van der Waals surface area contributed by atoms with Crippen LogP contribution < -0.4 is 20.7 Å². The summed E-state index contributed by atoms with van der Waals surface area (Å²) in [6.07, 6.45) is 0.324. The van der Waals surface area contributed by atoms with E-state index in [-0.39, 0.29) is 10.8 Å². The second-order valence-corrected chi connectivity index (χ2v) is 11.3. The number of carbonyl (C=O) groups excluding carboxylic acids is 2. The third-order valence-corrected chi connectivity index (χ3v) is 7.92. The van der Waals surface area contributed by atoms with Crippen LogP contribution in [0.15, 0.2) is 101 Å². The van der Waals surface area contributed by atoms with Crippen LogP contribution in [0.1, 0.15) is 16.0 Å². The monoisotopic (exact) mass is 548 g/mol. The van der Waals surface area contributed by atoms with E-state index in [1.54, 1.807) is 59.9 Å². The van der Waals surface area contributed by atoms with Gasteiger partial charge in [0.15, 0.2) is 0 Å². The van der Waals surface area contributed by atoms with Crippen molar-refractivity contribution in [1.29, 1.82) is 0 Å². The molecule has 0 saturated carbocycles. The van der Waals surface area contributed by atoms with Crippen molar-refractivity contribution in [3.05, 3.63) is 112 Å². The molecule has 0 unspecified atom stereocenters. The number of benzene rings is 3. The van der Waals surface area contributed by atoms with Crippen molar-refractivity contribution >= 4 is 44.7 Å². The summed E-state index contributed by atoms with van der Waals surface area (Å²) in [7, 11) is -3.74. The highest BCUT2D eigenvalue weighted by molar-refractivity contribution is 7.92. The lowest BCUT2D eigenvalue weighted by Crippen LogP contribution is -2.49. The zero-order valence-corrected chi connectivity index (χ0v) is 22.3. The van der Waals surface area contributed by atoms with Gasteiger partial charge in [-0.1, -0.05) is 54.1 Å². The van der Waals surface area contributed by atoms with Gasteiger partial charge in [0.1, 0.15) is 6.04 Å². The van der Waals surface area contributed by atoms with E-state index in [9.17, 15) is 18.0 Å². The van der Waals surface area contributed by atoms with Gasteiger partial charge in [-0.25, -0.2) is 13.2 Å². The van der Waals surface area contributed by atoms with Gasteiger partial charge in [0.2, 0.25) is 5.91 Å². The quantitative estimate of drug-likeness (QED) is 0.225. The minimum atomic E-state index is -3.74. The third kappa shape index (κ3) is 7.67. The van der Waals surface area contributed by atoms with Crippen LogP contribution in [0.4, 0.5) is 16.2 Å². The number of anilines is 2. The molecule has 1 aromatic heterocycles. The van der Waals surface area contributed by atoms with E-state index >= 15 is 0 Å². The van der Waals surface area contributed by atoms with Crippen LogP contribution in [0.2, 0.25) is 0 Å². The Morgan fingerprint density at radius 3 is 2.18 bits per heavy atom. The number of hydrogen-bond donors (Lipinski definition) is 4. The van der Waals surface area contributed by atoms with Crippen molar-refractivity contribution < 1.29 is 18.0 Å². The average Bonchev–Trinajstić information content (AvgIpc) is 3.42. The molecule has 4 rings (SSSR count). The Hall–Kier alpha value is -4.15. The fourth-order valence-electron chi connectivity index (χ4n) is 3.65. The maximum atomic E-state index is 12.9. The standard InChI is InChI=1S/C28H28N4O4S2/c1-20-9-15-25(16-10-20)38(35,36)32-23-13-11-22(12-14-23)30-28(34)31-26(18-21-6-3-2-4-7-21)27(33)29-19-24-8-5-17-37-24/h2-17,26,32H,18-19H2,1H3,(H,29,33)(H2,30,31,34)/t26-/m1/s1. The first-order chi connectivity index (χ1) is 18.3. The second-order valence-electron chi connectivity index (χ2n) is 8.63. The normalized spacial score (nSPS) is 11.8. The van der Waals surface area contributed by atoms with Gasteiger partial charge in [0.05, 0.1) is 11.4 Å². The minimum Gasteiger partial charge on any atom is -0.349 e. The summed E-state index contributed by atoms with van der Waals surface area (Å²) in [5, 5.41) is 10.3. The molecule has 1 heterocycles. The maximum Gasteiger partial charge on any atom is 0.319 e. The molecule has 1 atom stereocenters. The highest BCUT2D eigenvalue weighted by Gasteiger charge is 2.21. The van der Waals surface area contributed by atoms with E-state index in [2.05, 4.69) is 20.7 Å². The lowest BCUT2D eigenvalue weighted by Gasteiger charge is -2.19. The fraction of sp³-hybridized carbons (Fsp3) is 0.143. The van der Waals surface area contributed by atoms with Crippen molar-refractivity contribution in [1.82, 2.24) is 10.6 Å². The second kappa shape index (κ2) is 12.4. The average molecular weight is 549 g/mol. The molecule has 0 spiro atoms. The summed E-state index contributed by atoms with van der Waals surface area (Å²) in [6, 6.07) is 24.8. The molecule has 3 aromatic carbocycles. The van der Waals surface area contributed by atoms with Gasteiger partial charge in [0, 0.05) is 22.7 Å². The molecule has 0 aliphatic heterocycles. The Bertz CT molecular complexity index is 1460. The first-order valence-electron chi connectivity index (χ1n) is 11.9. The van der Waals surface area contributed by atoms with Crippen LogP contribution in [0.5, 0.6) is 0 Å². The number of thiophene rings is 1. The number of nitrogens with one attached hydrogen (secondary N) is 4. The molecule has 0 fully saturated rings. The molecule has 8 nitrogen and oxygen atoms in total. The Morgan fingerprint density at radius 2 is 1.53 bits per heavy atom. The molecule has 0 saturated heterocycles. The molecule has 0 aliphatic rings. The molecular formula is C28H28N4O4S2. The van der Waals surface area contributed by atoms with E-state index in [0.29, 0.717) is 24.3 Å². The van der Waals surface area contributed by atoms with Crippen molar-refractivity contribution in [2.45, 2.75) is 30.8 Å². The Balaban J connectivity index is 1.37. The Labute approximate surface area is 226 Å². The fourth-order valence-corrected chi connectivity index (χ4v) is 5.35. The van der Waals surface area contributed by atoms with Gasteiger partial charge in [0.25, 0.3) is 10.0 Å². The number of amides is 3. The number of aryl methyl sites for hydroxylation is 1. The molecule has 3 amide bonds. The molecule has 4 aromatic rings. The van der Waals surface area contributed by atoms with Crippen molar-refractivity contribution in [2.24, 2.45) is 0 Å². The zero-order valence-electron chi connectivity index (χ0n) is 20.7. The van der Waals surface area contributed by atoms with Crippen LogP contribution in [0, 0.1) is 6.92 Å². The van der Waals surface area contributed by atoms with E-state index in [1.807, 2.05) is 54.8 Å². The number of rotatable bonds is 10. The number of hydrogen-bond acceptors (Lipinski definition) is 5. The van der Waals surface area contributed by atoms with Gasteiger partial charge >= 0.3 is 6.03 Å². The number of sulfonamides is 1. The van der Waals surface area contributed by atoms with Gasteiger partial charge < -0.3 is 16.0 Å². The van der Waals surface area contributed by atoms with Crippen molar-refractivity contribution in [3.8, 4) is 0 Å². The highest BCUT2D eigenvalue weighted by Crippen LogP contribution is 2.19. The number of carbonyl (C=O) groups is 2. The summed E-state index contributed by atoms with van der Waals surface area (Å²) in [5.41, 5.74) is 2.67. The summed E-state index contributed by atoms with van der Waals surface area (Å²) in [5.74, 6) is -0.293. The van der Waals surface area contributed by atoms with Crippen LogP contribution in [-0.4, -0.2) is 26.4 Å². The lowest BCUT2D eigenvalue weighted by molar-refractivity contribution is -0.123. The highest BCUT2D eigenvalue weighted by atomic mass is 32.2. The van der Waals surface area contributed by atoms with Crippen molar-refractivity contribution in [3.63, 3.8) is 0 Å². The summed E-state index contributed by atoms with van der Waals surface area (Å²) >= 11 is 1.54. The third-order valence-electron chi connectivity index (χ3n) is 5.65. The molecule has 0 radical (unpaired) electrons. The molecule has 0 aliphatic carbocycles. The summed E-state index contributed by atoms with van der Waals surface area (Å²) in [4.78, 5) is 26.9. The molecule has 10 heteroatoms. The van der Waals surface area contributed by atoms with Crippen LogP contribution in [0.25, 0.3) is 0 Å². The predicted octanol–water partition coefficient (Wildman–Crippen LogP) is 4.91. The van der Waals surface area contributed by atoms with E-state index < -0.39 is 22.1 Å². The summed E-state index contributed by atoms with van der Waals surface area (Å²) < 4.78 is 27.7. The van der Waals surface area contributed by atoms with Crippen LogP contribution in [-0.2, 0) is 27.8 Å². The van der Waals surface area contributed by atoms with E-state index in [4.69, 9.17) is 0 Å². The first kappa shape index (κ1) is 26.9. The van der Waals surface area contributed by atoms with Gasteiger partial charge in [-0.15, -0.1) is 11.3 Å². The SMILES string of the molecule is Cc1ccc(S(=O)(=O)Nc2ccc(NC(=O)N[C@H](Cc3ccccc3)C(=O)NCc3cccs3)cc2)cc1. The predicted molar refractivity (Wildman–Crippen MR) is 151 cm³/mol. The molecule has 4 N–H and O–H groups in total. The van der Waals surface area contributed by atoms with Crippen LogP contribution in [0.3, 0.4) is 0 Å². The molecule has 196 valence electrons. The number of urea groups is 1.